The van der Waals surface area contributed by atoms with Crippen molar-refractivity contribution in [2.24, 2.45) is 0 Å². The van der Waals surface area contributed by atoms with Crippen LogP contribution in [0.25, 0.3) is 10.8 Å². The van der Waals surface area contributed by atoms with Gasteiger partial charge in [-0.25, -0.2) is 15.7 Å². The number of esters is 1. The summed E-state index contributed by atoms with van der Waals surface area (Å²) in [5, 5.41) is 2.28. The molecule has 1 heterocycles. The fraction of sp³-hybridized carbons (Fsp3) is 0.227. The molecule has 4 rings (SSSR count). The highest BCUT2D eigenvalue weighted by atomic mass is 32.2. The smallest absolute Gasteiger partial charge is 0.343 e. The van der Waals surface area contributed by atoms with Gasteiger partial charge in [0.05, 0.1) is 5.56 Å². The van der Waals surface area contributed by atoms with Crippen molar-refractivity contribution in [1.82, 2.24) is 0 Å². The Morgan fingerprint density at radius 3 is 2.20 bits per heavy atom. The van der Waals surface area contributed by atoms with Gasteiger partial charge < -0.3 is 4.74 Å². The third kappa shape index (κ3) is 3.42. The zero-order valence-electron chi connectivity index (χ0n) is 14.2. The number of thiol groups is 1. The van der Waals surface area contributed by atoms with Gasteiger partial charge in [0, 0.05) is 5.39 Å². The van der Waals surface area contributed by atoms with Crippen molar-refractivity contribution < 1.29 is 9.53 Å². The lowest BCUT2D eigenvalue weighted by molar-refractivity contribution is 0.0737. The topological polar surface area (TPSA) is 26.3 Å². The Morgan fingerprint density at radius 1 is 0.760 bits per heavy atom. The minimum Gasteiger partial charge on any atom is -0.422 e. The first kappa shape index (κ1) is 16.2. The van der Waals surface area contributed by atoms with Gasteiger partial charge in [-0.05, 0) is 58.9 Å². The standard InChI is InChI=1S/C22H22O2S/c23-22(17-9-3-1-4-10-17)24-20-13-14-21(25-15-7-2-8-16-25)19-12-6-5-11-18(19)20/h1,3-6,9-14,25H,2,7-8,15-16H2. The zero-order chi connectivity index (χ0) is 17.1. The molecule has 0 aliphatic carbocycles. The van der Waals surface area contributed by atoms with Crippen molar-refractivity contribution in [2.75, 3.05) is 11.5 Å². The lowest BCUT2D eigenvalue weighted by Gasteiger charge is -2.28. The number of rotatable bonds is 3. The van der Waals surface area contributed by atoms with E-state index in [1.54, 1.807) is 12.1 Å². The molecular formula is C22H22O2S. The predicted molar refractivity (Wildman–Crippen MR) is 106 cm³/mol. The van der Waals surface area contributed by atoms with Gasteiger partial charge in [0.1, 0.15) is 5.75 Å². The second kappa shape index (κ2) is 7.32. The van der Waals surface area contributed by atoms with Crippen molar-refractivity contribution in [3.8, 4) is 5.75 Å². The van der Waals surface area contributed by atoms with E-state index in [0.717, 1.165) is 5.39 Å². The summed E-state index contributed by atoms with van der Waals surface area (Å²) in [5.74, 6) is 2.99. The fourth-order valence-corrected chi connectivity index (χ4v) is 6.23. The van der Waals surface area contributed by atoms with Crippen LogP contribution in [0.2, 0.25) is 0 Å². The molecule has 0 bridgehead atoms. The molecule has 0 saturated carbocycles. The summed E-state index contributed by atoms with van der Waals surface area (Å²) in [6.45, 7) is 0. The maximum atomic E-state index is 12.4. The lowest BCUT2D eigenvalue weighted by Crippen LogP contribution is -2.09. The fourth-order valence-electron chi connectivity index (χ4n) is 3.49. The maximum Gasteiger partial charge on any atom is 0.343 e. The highest BCUT2D eigenvalue weighted by Gasteiger charge is 2.17. The van der Waals surface area contributed by atoms with E-state index in [4.69, 9.17) is 4.74 Å². The normalized spacial score (nSPS) is 15.9. The van der Waals surface area contributed by atoms with Gasteiger partial charge in [-0.15, -0.1) is 0 Å². The van der Waals surface area contributed by atoms with Crippen LogP contribution >= 0.6 is 10.9 Å². The largest absolute Gasteiger partial charge is 0.422 e. The zero-order valence-corrected chi connectivity index (χ0v) is 15.0. The summed E-state index contributed by atoms with van der Waals surface area (Å²) in [7, 11) is -0.0837. The van der Waals surface area contributed by atoms with Crippen LogP contribution in [0.4, 0.5) is 0 Å². The van der Waals surface area contributed by atoms with Crippen molar-refractivity contribution in [3.63, 3.8) is 0 Å². The number of benzene rings is 3. The van der Waals surface area contributed by atoms with E-state index in [9.17, 15) is 4.79 Å². The van der Waals surface area contributed by atoms with E-state index in [1.807, 2.05) is 30.3 Å². The van der Waals surface area contributed by atoms with Gasteiger partial charge in [0.2, 0.25) is 0 Å². The second-order valence-electron chi connectivity index (χ2n) is 6.43. The number of carbonyl (C=O) groups excluding carboxylic acids is 1. The number of hydrogen-bond donors (Lipinski definition) is 1. The minimum atomic E-state index is -0.304. The molecule has 3 heteroatoms. The van der Waals surface area contributed by atoms with Crippen molar-refractivity contribution in [3.05, 3.63) is 72.3 Å². The molecule has 0 unspecified atom stereocenters. The summed E-state index contributed by atoms with van der Waals surface area (Å²) < 4.78 is 5.72. The Labute approximate surface area is 151 Å². The van der Waals surface area contributed by atoms with Gasteiger partial charge in [0.25, 0.3) is 0 Å². The average Bonchev–Trinajstić information content (AvgIpc) is 2.69. The third-order valence-electron chi connectivity index (χ3n) is 4.77. The average molecular weight is 350 g/mol. The Kier molecular flexibility index (Phi) is 4.75. The van der Waals surface area contributed by atoms with Crippen molar-refractivity contribution in [1.29, 1.82) is 0 Å². The van der Waals surface area contributed by atoms with Crippen LogP contribution in [0.3, 0.4) is 0 Å². The molecule has 1 fully saturated rings. The SMILES string of the molecule is O=C(Oc1ccc([SH]2CCCCC2)c2ccccc12)c1ccccc1. The van der Waals surface area contributed by atoms with Crippen molar-refractivity contribution in [2.45, 2.75) is 24.2 Å². The predicted octanol–water partition coefficient (Wildman–Crippen LogP) is 5.60. The molecule has 25 heavy (non-hydrogen) atoms. The molecule has 0 radical (unpaired) electrons. The number of carbonyl (C=O) groups is 1. The Balaban J connectivity index is 1.70. The molecule has 3 aromatic rings. The summed E-state index contributed by atoms with van der Waals surface area (Å²) in [5.41, 5.74) is 0.576. The lowest BCUT2D eigenvalue weighted by atomic mass is 10.1. The highest BCUT2D eigenvalue weighted by Crippen LogP contribution is 2.46. The van der Waals surface area contributed by atoms with Crippen LogP contribution in [0.15, 0.2) is 71.6 Å². The van der Waals surface area contributed by atoms with Crippen LogP contribution in [-0.4, -0.2) is 17.5 Å². The molecule has 1 saturated heterocycles. The Hall–Kier alpha value is -2.26. The monoisotopic (exact) mass is 350 g/mol. The molecule has 2 nitrogen and oxygen atoms in total. The summed E-state index contributed by atoms with van der Waals surface area (Å²) >= 11 is 0. The van der Waals surface area contributed by atoms with E-state index in [2.05, 4.69) is 24.3 Å². The minimum absolute atomic E-state index is 0.0837. The molecule has 128 valence electrons. The molecule has 1 aliphatic heterocycles. The summed E-state index contributed by atoms with van der Waals surface area (Å²) in [4.78, 5) is 13.9. The summed E-state index contributed by atoms with van der Waals surface area (Å²) in [6.07, 6.45) is 4.04. The molecule has 0 spiro atoms. The van der Waals surface area contributed by atoms with Crippen LogP contribution in [0.5, 0.6) is 5.75 Å². The van der Waals surface area contributed by atoms with Gasteiger partial charge in [0.15, 0.2) is 0 Å². The number of ether oxygens (including phenoxy) is 1. The third-order valence-corrected chi connectivity index (χ3v) is 7.55. The van der Waals surface area contributed by atoms with E-state index >= 15 is 0 Å². The molecule has 1 aliphatic rings. The number of fused-ring (bicyclic) bond motifs is 1. The van der Waals surface area contributed by atoms with Gasteiger partial charge in [-0.1, -0.05) is 48.9 Å². The first-order valence-electron chi connectivity index (χ1n) is 8.87. The maximum absolute atomic E-state index is 12.4. The highest BCUT2D eigenvalue weighted by molar-refractivity contribution is 8.17. The summed E-state index contributed by atoms with van der Waals surface area (Å²) in [6, 6.07) is 21.7. The molecule has 3 aromatic carbocycles. The van der Waals surface area contributed by atoms with E-state index in [1.165, 1.54) is 41.0 Å². The van der Waals surface area contributed by atoms with Crippen LogP contribution in [0, 0.1) is 0 Å². The van der Waals surface area contributed by atoms with E-state index in [0.29, 0.717) is 11.3 Å². The Bertz CT molecular complexity index is 883. The van der Waals surface area contributed by atoms with Crippen molar-refractivity contribution >= 4 is 27.6 Å². The van der Waals surface area contributed by atoms with Gasteiger partial charge in [-0.2, -0.15) is 0 Å². The Morgan fingerprint density at radius 2 is 1.44 bits per heavy atom. The second-order valence-corrected chi connectivity index (χ2v) is 8.89. The quantitative estimate of drug-likeness (QED) is 0.378. The first-order valence-corrected chi connectivity index (χ1v) is 10.6. The first-order chi connectivity index (χ1) is 12.3. The van der Waals surface area contributed by atoms with E-state index in [-0.39, 0.29) is 16.9 Å². The van der Waals surface area contributed by atoms with Crippen LogP contribution in [-0.2, 0) is 0 Å². The number of hydrogen-bond acceptors (Lipinski definition) is 2. The van der Waals surface area contributed by atoms with Gasteiger partial charge >= 0.3 is 5.97 Å². The van der Waals surface area contributed by atoms with Crippen LogP contribution in [0.1, 0.15) is 29.6 Å². The molecule has 0 aromatic heterocycles. The molecule has 0 amide bonds. The van der Waals surface area contributed by atoms with Gasteiger partial charge in [-0.3, -0.25) is 0 Å². The molecule has 0 N–H and O–H groups in total. The molecule has 0 atom stereocenters. The van der Waals surface area contributed by atoms with Crippen LogP contribution < -0.4 is 4.74 Å². The van der Waals surface area contributed by atoms with E-state index < -0.39 is 0 Å². The molecular weight excluding hydrogens is 328 g/mol.